The average molecular weight is 278 g/mol. The maximum absolute atomic E-state index is 9.73. The van der Waals surface area contributed by atoms with Crippen molar-refractivity contribution in [2.45, 2.75) is 51.6 Å². The minimum Gasteiger partial charge on any atom is -0.393 e. The van der Waals surface area contributed by atoms with Crippen LogP contribution < -0.4 is 10.6 Å². The first-order valence-electron chi connectivity index (χ1n) is 7.68. The van der Waals surface area contributed by atoms with Gasteiger partial charge in [0.15, 0.2) is 0 Å². The Kier molecular flexibility index (Phi) is 5.59. The lowest BCUT2D eigenvalue weighted by atomic mass is 9.87. The van der Waals surface area contributed by atoms with Gasteiger partial charge in [-0.3, -0.25) is 0 Å². The molecule has 5 nitrogen and oxygen atoms in total. The van der Waals surface area contributed by atoms with E-state index < -0.39 is 0 Å². The van der Waals surface area contributed by atoms with Gasteiger partial charge in [0.2, 0.25) is 0 Å². The highest BCUT2D eigenvalue weighted by Gasteiger charge is 2.20. The normalized spacial score (nSPS) is 22.6. The molecule has 0 amide bonds. The summed E-state index contributed by atoms with van der Waals surface area (Å²) in [5.74, 6) is 2.39. The summed E-state index contributed by atoms with van der Waals surface area (Å²) in [5, 5.41) is 16.3. The van der Waals surface area contributed by atoms with E-state index in [1.807, 2.05) is 7.05 Å². The summed E-state index contributed by atoms with van der Waals surface area (Å²) in [6.07, 6.45) is 7.69. The highest BCUT2D eigenvalue weighted by atomic mass is 16.3. The molecule has 20 heavy (non-hydrogen) atoms. The van der Waals surface area contributed by atoms with Crippen LogP contribution in [0.15, 0.2) is 6.33 Å². The quantitative estimate of drug-likeness (QED) is 0.745. The Morgan fingerprint density at radius 3 is 2.80 bits per heavy atom. The van der Waals surface area contributed by atoms with Crippen LogP contribution in [-0.4, -0.2) is 34.8 Å². The van der Waals surface area contributed by atoms with E-state index in [9.17, 15) is 5.11 Å². The molecule has 5 heteroatoms. The van der Waals surface area contributed by atoms with Crippen molar-refractivity contribution in [2.24, 2.45) is 5.92 Å². The summed E-state index contributed by atoms with van der Waals surface area (Å²) in [5.41, 5.74) is 1.16. The van der Waals surface area contributed by atoms with Gasteiger partial charge in [0.1, 0.15) is 18.0 Å². The number of nitrogens with zero attached hydrogens (tertiary/aromatic N) is 2. The van der Waals surface area contributed by atoms with Gasteiger partial charge in [0, 0.05) is 19.2 Å². The van der Waals surface area contributed by atoms with E-state index in [2.05, 4.69) is 27.5 Å². The fourth-order valence-corrected chi connectivity index (χ4v) is 2.96. The van der Waals surface area contributed by atoms with Gasteiger partial charge in [0.05, 0.1) is 6.10 Å². The molecule has 3 N–H and O–H groups in total. The molecule has 1 aromatic rings. The van der Waals surface area contributed by atoms with E-state index >= 15 is 0 Å². The van der Waals surface area contributed by atoms with E-state index in [1.54, 1.807) is 6.33 Å². The Labute approximate surface area is 121 Å². The molecule has 1 heterocycles. The molecule has 112 valence electrons. The first-order valence-corrected chi connectivity index (χ1v) is 7.68. The third-order valence-corrected chi connectivity index (χ3v) is 4.00. The Bertz CT molecular complexity index is 424. The number of aliphatic hydroxyl groups excluding tert-OH is 1. The van der Waals surface area contributed by atoms with E-state index in [1.165, 1.54) is 6.42 Å². The summed E-state index contributed by atoms with van der Waals surface area (Å²) < 4.78 is 0. The lowest BCUT2D eigenvalue weighted by Gasteiger charge is -2.26. The van der Waals surface area contributed by atoms with Gasteiger partial charge in [-0.1, -0.05) is 19.8 Å². The Morgan fingerprint density at radius 2 is 2.10 bits per heavy atom. The second-order valence-electron chi connectivity index (χ2n) is 5.62. The molecule has 1 aromatic heterocycles. The van der Waals surface area contributed by atoms with Gasteiger partial charge in [-0.15, -0.1) is 0 Å². The first-order chi connectivity index (χ1) is 9.74. The van der Waals surface area contributed by atoms with Crippen LogP contribution in [0.2, 0.25) is 0 Å². The summed E-state index contributed by atoms with van der Waals surface area (Å²) in [7, 11) is 1.89. The molecule has 2 unspecified atom stereocenters. The number of rotatable bonds is 6. The molecule has 2 rings (SSSR count). The van der Waals surface area contributed by atoms with E-state index in [-0.39, 0.29) is 6.10 Å². The van der Waals surface area contributed by atoms with Crippen LogP contribution in [0, 0.1) is 5.92 Å². The maximum atomic E-state index is 9.73. The van der Waals surface area contributed by atoms with Gasteiger partial charge in [-0.25, -0.2) is 9.97 Å². The Morgan fingerprint density at radius 1 is 1.30 bits per heavy atom. The third kappa shape index (κ3) is 3.82. The molecule has 0 radical (unpaired) electrons. The molecule has 1 fully saturated rings. The second kappa shape index (κ2) is 7.43. The lowest BCUT2D eigenvalue weighted by Crippen LogP contribution is -2.25. The number of aromatic nitrogens is 2. The number of hydrogen-bond donors (Lipinski definition) is 3. The molecule has 1 aliphatic rings. The van der Waals surface area contributed by atoms with E-state index in [0.29, 0.717) is 5.92 Å². The highest BCUT2D eigenvalue weighted by Crippen LogP contribution is 2.26. The minimum absolute atomic E-state index is 0.121. The van der Waals surface area contributed by atoms with Crippen LogP contribution in [0.25, 0.3) is 0 Å². The molecular weight excluding hydrogens is 252 g/mol. The highest BCUT2D eigenvalue weighted by molar-refractivity contribution is 5.57. The lowest BCUT2D eigenvalue weighted by molar-refractivity contribution is 0.104. The Hall–Kier alpha value is -1.36. The van der Waals surface area contributed by atoms with Crippen LogP contribution in [0.3, 0.4) is 0 Å². The van der Waals surface area contributed by atoms with E-state index in [4.69, 9.17) is 0 Å². The molecule has 0 aliphatic heterocycles. The van der Waals surface area contributed by atoms with Crippen molar-refractivity contribution in [3.8, 4) is 0 Å². The largest absolute Gasteiger partial charge is 0.393 e. The van der Waals surface area contributed by atoms with Gasteiger partial charge in [-0.2, -0.15) is 0 Å². The predicted molar refractivity (Wildman–Crippen MR) is 82.0 cm³/mol. The average Bonchev–Trinajstić information content (AvgIpc) is 2.46. The molecular formula is C15H26N4O. The van der Waals surface area contributed by atoms with Crippen LogP contribution in [0.5, 0.6) is 0 Å². The monoisotopic (exact) mass is 278 g/mol. The van der Waals surface area contributed by atoms with Crippen LogP contribution >= 0.6 is 0 Å². The zero-order valence-electron chi connectivity index (χ0n) is 12.5. The fourth-order valence-electron chi connectivity index (χ4n) is 2.96. The molecule has 2 atom stereocenters. The zero-order chi connectivity index (χ0) is 14.4. The Balaban J connectivity index is 2.01. The van der Waals surface area contributed by atoms with Crippen molar-refractivity contribution in [3.05, 3.63) is 11.9 Å². The number of aliphatic hydroxyl groups is 1. The summed E-state index contributed by atoms with van der Waals surface area (Å²) >= 11 is 0. The zero-order valence-corrected chi connectivity index (χ0v) is 12.5. The summed E-state index contributed by atoms with van der Waals surface area (Å²) in [6.45, 7) is 3.04. The number of nitrogens with one attached hydrogen (secondary N) is 2. The van der Waals surface area contributed by atoms with Crippen LogP contribution in [0.4, 0.5) is 11.6 Å². The van der Waals surface area contributed by atoms with Gasteiger partial charge in [0.25, 0.3) is 0 Å². The van der Waals surface area contributed by atoms with Crippen LogP contribution in [-0.2, 0) is 6.42 Å². The predicted octanol–water partition coefficient (Wildman–Crippen LogP) is 2.43. The van der Waals surface area contributed by atoms with Crippen molar-refractivity contribution in [2.75, 3.05) is 24.2 Å². The number of anilines is 2. The summed E-state index contributed by atoms with van der Waals surface area (Å²) in [4.78, 5) is 8.67. The van der Waals surface area contributed by atoms with Crippen LogP contribution in [0.1, 0.15) is 44.6 Å². The van der Waals surface area contributed by atoms with Crippen molar-refractivity contribution in [3.63, 3.8) is 0 Å². The van der Waals surface area contributed by atoms with Gasteiger partial charge < -0.3 is 15.7 Å². The third-order valence-electron chi connectivity index (χ3n) is 4.00. The topological polar surface area (TPSA) is 70.1 Å². The second-order valence-corrected chi connectivity index (χ2v) is 5.62. The number of hydrogen-bond acceptors (Lipinski definition) is 5. The van der Waals surface area contributed by atoms with E-state index in [0.717, 1.165) is 55.8 Å². The van der Waals surface area contributed by atoms with Gasteiger partial charge >= 0.3 is 0 Å². The molecule has 0 bridgehead atoms. The van der Waals surface area contributed by atoms with Crippen molar-refractivity contribution >= 4 is 11.6 Å². The van der Waals surface area contributed by atoms with Crippen molar-refractivity contribution in [1.82, 2.24) is 9.97 Å². The molecule has 0 aromatic carbocycles. The summed E-state index contributed by atoms with van der Waals surface area (Å²) in [6, 6.07) is 0. The maximum Gasteiger partial charge on any atom is 0.134 e. The molecule has 1 saturated carbocycles. The molecule has 0 spiro atoms. The molecule has 1 aliphatic carbocycles. The first kappa shape index (κ1) is 15.0. The molecule has 0 saturated heterocycles. The smallest absolute Gasteiger partial charge is 0.134 e. The SMILES string of the molecule is CCCc1c(NC)ncnc1NCC1CCCC(O)C1. The fraction of sp³-hybridized carbons (Fsp3) is 0.733. The minimum atomic E-state index is -0.121. The standard InChI is InChI=1S/C15H26N4O/c1-3-5-13-14(16-2)18-10-19-15(13)17-9-11-6-4-7-12(20)8-11/h10-12,20H,3-9H2,1-2H3,(H2,16,17,18,19). The van der Waals surface area contributed by atoms with Crippen molar-refractivity contribution < 1.29 is 5.11 Å². The van der Waals surface area contributed by atoms with Crippen molar-refractivity contribution in [1.29, 1.82) is 0 Å². The van der Waals surface area contributed by atoms with Gasteiger partial charge in [-0.05, 0) is 31.6 Å².